The summed E-state index contributed by atoms with van der Waals surface area (Å²) in [6.45, 7) is 4.01. The minimum absolute atomic E-state index is 0.256. The molecule has 0 fully saturated rings. The lowest BCUT2D eigenvalue weighted by molar-refractivity contribution is 0.0599. The molecule has 3 aromatic rings. The molecule has 3 aromatic heterocycles. The van der Waals surface area contributed by atoms with Gasteiger partial charge in [-0.25, -0.2) is 4.79 Å². The number of nitrogens with zero attached hydrogens (tertiary/aromatic N) is 1. The van der Waals surface area contributed by atoms with Gasteiger partial charge < -0.3 is 23.5 Å². The highest BCUT2D eigenvalue weighted by molar-refractivity contribution is 6.00. The third kappa shape index (κ3) is 3.42. The number of nitrogens with one attached hydrogen (secondary N) is 1. The topological polar surface area (TPSA) is 88.7 Å². The SMILES string of the molecule is COC(=O)c1c(C)[nH]c(C(=O)N(Cc2ccco2)Cc2ccco2)c1C. The second kappa shape index (κ2) is 7.35. The van der Waals surface area contributed by atoms with Crippen LogP contribution in [0, 0.1) is 13.8 Å². The van der Waals surface area contributed by atoms with E-state index in [0.717, 1.165) is 0 Å². The van der Waals surface area contributed by atoms with Crippen LogP contribution in [-0.2, 0) is 17.8 Å². The fraction of sp³-hybridized carbons (Fsp3) is 0.263. The van der Waals surface area contributed by atoms with Gasteiger partial charge in [-0.05, 0) is 43.7 Å². The van der Waals surface area contributed by atoms with Crippen molar-refractivity contribution in [3.63, 3.8) is 0 Å². The molecule has 7 nitrogen and oxygen atoms in total. The molecule has 0 aliphatic rings. The van der Waals surface area contributed by atoms with Crippen molar-refractivity contribution in [2.75, 3.05) is 7.11 Å². The van der Waals surface area contributed by atoms with E-state index >= 15 is 0 Å². The first-order chi connectivity index (χ1) is 12.5. The van der Waals surface area contributed by atoms with E-state index < -0.39 is 5.97 Å². The summed E-state index contributed by atoms with van der Waals surface area (Å²) in [7, 11) is 1.32. The van der Waals surface area contributed by atoms with Gasteiger partial charge in [0, 0.05) is 5.69 Å². The second-order valence-electron chi connectivity index (χ2n) is 5.94. The highest BCUT2D eigenvalue weighted by Crippen LogP contribution is 2.22. The van der Waals surface area contributed by atoms with E-state index in [-0.39, 0.29) is 19.0 Å². The number of rotatable bonds is 6. The molecule has 1 amide bonds. The Labute approximate surface area is 150 Å². The Morgan fingerprint density at radius 3 is 2.12 bits per heavy atom. The molecular weight excluding hydrogens is 336 g/mol. The van der Waals surface area contributed by atoms with Crippen LogP contribution in [0.15, 0.2) is 45.6 Å². The average molecular weight is 356 g/mol. The smallest absolute Gasteiger partial charge is 0.339 e. The van der Waals surface area contributed by atoms with Gasteiger partial charge >= 0.3 is 5.97 Å². The lowest BCUT2D eigenvalue weighted by atomic mass is 10.1. The van der Waals surface area contributed by atoms with Crippen molar-refractivity contribution >= 4 is 11.9 Å². The first-order valence-corrected chi connectivity index (χ1v) is 8.12. The zero-order valence-electron chi connectivity index (χ0n) is 14.9. The van der Waals surface area contributed by atoms with Crippen molar-refractivity contribution in [1.29, 1.82) is 0 Å². The quantitative estimate of drug-likeness (QED) is 0.684. The zero-order chi connectivity index (χ0) is 18.7. The first-order valence-electron chi connectivity index (χ1n) is 8.12. The van der Waals surface area contributed by atoms with Crippen LogP contribution in [-0.4, -0.2) is 28.9 Å². The molecule has 0 aliphatic carbocycles. The fourth-order valence-electron chi connectivity index (χ4n) is 2.91. The summed E-state index contributed by atoms with van der Waals surface area (Å²) in [4.78, 5) is 29.7. The molecule has 0 bridgehead atoms. The number of H-pyrrole nitrogens is 1. The summed E-state index contributed by atoms with van der Waals surface area (Å²) in [5.74, 6) is 0.575. The first kappa shape index (κ1) is 17.6. The number of carbonyl (C=O) groups is 2. The van der Waals surface area contributed by atoms with E-state index in [4.69, 9.17) is 13.6 Å². The number of aryl methyl sites for hydroxylation is 1. The molecule has 0 unspecified atom stereocenters. The van der Waals surface area contributed by atoms with E-state index in [1.165, 1.54) is 7.11 Å². The number of hydrogen-bond acceptors (Lipinski definition) is 5. The Hall–Kier alpha value is -3.22. The molecule has 136 valence electrons. The Balaban J connectivity index is 1.93. The number of carbonyl (C=O) groups excluding carboxylic acids is 2. The van der Waals surface area contributed by atoms with Crippen LogP contribution in [0.25, 0.3) is 0 Å². The monoisotopic (exact) mass is 356 g/mol. The van der Waals surface area contributed by atoms with E-state index in [1.54, 1.807) is 55.5 Å². The van der Waals surface area contributed by atoms with Crippen molar-refractivity contribution in [2.24, 2.45) is 0 Å². The van der Waals surface area contributed by atoms with Gasteiger partial charge in [-0.3, -0.25) is 4.79 Å². The van der Waals surface area contributed by atoms with Gasteiger partial charge in [0.25, 0.3) is 5.91 Å². The molecule has 1 N–H and O–H groups in total. The molecule has 3 heterocycles. The molecule has 0 aromatic carbocycles. The molecular formula is C19H20N2O5. The zero-order valence-corrected chi connectivity index (χ0v) is 14.9. The predicted octanol–water partition coefficient (Wildman–Crippen LogP) is 3.45. The third-order valence-corrected chi connectivity index (χ3v) is 4.18. The van der Waals surface area contributed by atoms with Crippen LogP contribution in [0.1, 0.15) is 43.6 Å². The average Bonchev–Trinajstić information content (AvgIpc) is 3.36. The van der Waals surface area contributed by atoms with Gasteiger partial charge in [0.1, 0.15) is 17.2 Å². The fourth-order valence-corrected chi connectivity index (χ4v) is 2.91. The van der Waals surface area contributed by atoms with Gasteiger partial charge in [0.05, 0.1) is 38.3 Å². The Bertz CT molecular complexity index is 855. The van der Waals surface area contributed by atoms with Gasteiger partial charge in [-0.1, -0.05) is 0 Å². The molecule has 0 radical (unpaired) electrons. The van der Waals surface area contributed by atoms with Gasteiger partial charge in [-0.2, -0.15) is 0 Å². The van der Waals surface area contributed by atoms with Crippen LogP contribution in [0.3, 0.4) is 0 Å². The van der Waals surface area contributed by atoms with Crippen molar-refractivity contribution < 1.29 is 23.2 Å². The van der Waals surface area contributed by atoms with E-state index in [1.807, 2.05) is 0 Å². The lowest BCUT2D eigenvalue weighted by Crippen LogP contribution is -2.30. The minimum Gasteiger partial charge on any atom is -0.467 e. The molecule has 7 heteroatoms. The van der Waals surface area contributed by atoms with Crippen LogP contribution >= 0.6 is 0 Å². The molecule has 3 rings (SSSR count). The number of furan rings is 2. The summed E-state index contributed by atoms with van der Waals surface area (Å²) >= 11 is 0. The summed E-state index contributed by atoms with van der Waals surface area (Å²) in [6.07, 6.45) is 3.12. The number of ether oxygens (including phenoxy) is 1. The summed E-state index contributed by atoms with van der Waals surface area (Å²) in [5, 5.41) is 0. The molecule has 26 heavy (non-hydrogen) atoms. The van der Waals surface area contributed by atoms with Gasteiger partial charge in [0.15, 0.2) is 0 Å². The van der Waals surface area contributed by atoms with E-state index in [9.17, 15) is 9.59 Å². The predicted molar refractivity (Wildman–Crippen MR) is 92.6 cm³/mol. The number of aromatic nitrogens is 1. The Kier molecular flexibility index (Phi) is 4.97. The Morgan fingerprint density at radius 2 is 1.65 bits per heavy atom. The molecule has 0 aliphatic heterocycles. The van der Waals surface area contributed by atoms with Crippen LogP contribution in [0.4, 0.5) is 0 Å². The number of amides is 1. The van der Waals surface area contributed by atoms with Crippen molar-refractivity contribution in [3.05, 3.63) is 70.8 Å². The molecule has 0 saturated heterocycles. The standard InChI is InChI=1S/C19H20N2O5/c1-12-16(19(23)24-3)13(2)20-17(12)18(22)21(10-14-6-4-8-25-14)11-15-7-5-9-26-15/h4-9,20H,10-11H2,1-3H3. The minimum atomic E-state index is -0.473. The third-order valence-electron chi connectivity index (χ3n) is 4.18. The normalized spacial score (nSPS) is 10.7. The molecule has 0 spiro atoms. The Morgan fingerprint density at radius 1 is 1.08 bits per heavy atom. The maximum atomic E-state index is 13.2. The van der Waals surface area contributed by atoms with Crippen LogP contribution in [0.2, 0.25) is 0 Å². The lowest BCUT2D eigenvalue weighted by Gasteiger charge is -2.20. The number of esters is 1. The van der Waals surface area contributed by atoms with Crippen molar-refractivity contribution in [2.45, 2.75) is 26.9 Å². The molecule has 0 saturated carbocycles. The second-order valence-corrected chi connectivity index (χ2v) is 5.94. The van der Waals surface area contributed by atoms with Gasteiger partial charge in [0.2, 0.25) is 0 Å². The van der Waals surface area contributed by atoms with Crippen molar-refractivity contribution in [3.8, 4) is 0 Å². The van der Waals surface area contributed by atoms with Crippen molar-refractivity contribution in [1.82, 2.24) is 9.88 Å². The van der Waals surface area contributed by atoms with Gasteiger partial charge in [-0.15, -0.1) is 0 Å². The maximum absolute atomic E-state index is 13.2. The molecule has 0 atom stereocenters. The highest BCUT2D eigenvalue weighted by atomic mass is 16.5. The number of methoxy groups -OCH3 is 1. The number of hydrogen-bond donors (Lipinski definition) is 1. The van der Waals surface area contributed by atoms with Crippen LogP contribution in [0.5, 0.6) is 0 Å². The summed E-state index contributed by atoms with van der Waals surface area (Å²) in [5.41, 5.74) is 1.88. The van der Waals surface area contributed by atoms with E-state index in [2.05, 4.69) is 4.98 Å². The van der Waals surface area contributed by atoms with E-state index in [0.29, 0.717) is 34.0 Å². The summed E-state index contributed by atoms with van der Waals surface area (Å²) < 4.78 is 15.6. The summed E-state index contributed by atoms with van der Waals surface area (Å²) in [6, 6.07) is 7.14. The highest BCUT2D eigenvalue weighted by Gasteiger charge is 2.26. The largest absolute Gasteiger partial charge is 0.467 e. The number of aromatic amines is 1. The van der Waals surface area contributed by atoms with Crippen LogP contribution < -0.4 is 0 Å². The maximum Gasteiger partial charge on any atom is 0.339 e.